The highest BCUT2D eigenvalue weighted by atomic mass is 16.3. The monoisotopic (exact) mass is 226 g/mol. The lowest BCUT2D eigenvalue weighted by Gasteiger charge is -1.99. The summed E-state index contributed by atoms with van der Waals surface area (Å²) in [6, 6.07) is 10.1. The number of benzene rings is 1. The van der Waals surface area contributed by atoms with Gasteiger partial charge >= 0.3 is 0 Å². The third kappa shape index (κ3) is 1.55. The van der Waals surface area contributed by atoms with E-state index in [2.05, 4.69) is 41.7 Å². The quantitative estimate of drug-likeness (QED) is 0.670. The highest BCUT2D eigenvalue weighted by molar-refractivity contribution is 5.81. The van der Waals surface area contributed by atoms with Gasteiger partial charge in [0.25, 0.3) is 0 Å². The Hall–Kier alpha value is -2.03. The molecule has 0 unspecified atom stereocenters. The lowest BCUT2D eigenvalue weighted by atomic mass is 10.1. The van der Waals surface area contributed by atoms with Crippen molar-refractivity contribution in [3.8, 4) is 11.3 Å². The normalized spacial score (nSPS) is 11.2. The largest absolute Gasteiger partial charge is 0.464 e. The Morgan fingerprint density at radius 1 is 1.29 bits per heavy atom. The third-order valence-corrected chi connectivity index (χ3v) is 3.10. The van der Waals surface area contributed by atoms with E-state index in [4.69, 9.17) is 4.42 Å². The molecule has 3 heteroatoms. The van der Waals surface area contributed by atoms with E-state index in [9.17, 15) is 0 Å². The van der Waals surface area contributed by atoms with Crippen LogP contribution in [0, 0.1) is 0 Å². The number of aryl methyl sites for hydroxylation is 2. The Kier molecular flexibility index (Phi) is 2.25. The van der Waals surface area contributed by atoms with E-state index in [1.54, 1.807) is 6.26 Å². The van der Waals surface area contributed by atoms with Gasteiger partial charge in [-0.3, -0.25) is 0 Å². The van der Waals surface area contributed by atoms with Crippen molar-refractivity contribution in [3.63, 3.8) is 0 Å². The maximum absolute atomic E-state index is 5.40. The number of nitrogens with zero attached hydrogens (tertiary/aromatic N) is 2. The Labute approximate surface area is 99.7 Å². The summed E-state index contributed by atoms with van der Waals surface area (Å²) >= 11 is 0. The van der Waals surface area contributed by atoms with E-state index in [0.29, 0.717) is 0 Å². The summed E-state index contributed by atoms with van der Waals surface area (Å²) in [7, 11) is 2.06. The highest BCUT2D eigenvalue weighted by Gasteiger charge is 2.08. The Balaban J connectivity index is 2.20. The first-order valence-electron chi connectivity index (χ1n) is 5.79. The van der Waals surface area contributed by atoms with Crippen molar-refractivity contribution in [2.24, 2.45) is 7.05 Å². The maximum Gasteiger partial charge on any atom is 0.133 e. The molecule has 0 saturated heterocycles. The molecule has 3 nitrogen and oxygen atoms in total. The van der Waals surface area contributed by atoms with Crippen molar-refractivity contribution in [1.82, 2.24) is 9.55 Å². The molecule has 0 fully saturated rings. The average Bonchev–Trinajstić information content (AvgIpc) is 2.97. The van der Waals surface area contributed by atoms with Gasteiger partial charge in [0.1, 0.15) is 11.6 Å². The topological polar surface area (TPSA) is 31.0 Å². The molecule has 0 aliphatic carbocycles. The van der Waals surface area contributed by atoms with Crippen LogP contribution >= 0.6 is 0 Å². The number of fused-ring (bicyclic) bond motifs is 1. The van der Waals surface area contributed by atoms with Crippen LogP contribution in [-0.4, -0.2) is 9.55 Å². The second-order valence-electron chi connectivity index (χ2n) is 4.12. The molecule has 0 N–H and O–H groups in total. The minimum absolute atomic E-state index is 0.885. The number of rotatable bonds is 2. The van der Waals surface area contributed by atoms with Crippen LogP contribution in [0.15, 0.2) is 41.0 Å². The zero-order valence-electron chi connectivity index (χ0n) is 9.97. The Morgan fingerprint density at radius 3 is 2.88 bits per heavy atom. The van der Waals surface area contributed by atoms with E-state index in [-0.39, 0.29) is 0 Å². The fraction of sp³-hybridized carbons (Fsp3) is 0.214. The van der Waals surface area contributed by atoms with E-state index in [0.717, 1.165) is 34.6 Å². The zero-order valence-corrected chi connectivity index (χ0v) is 9.97. The van der Waals surface area contributed by atoms with Crippen LogP contribution in [0.1, 0.15) is 12.7 Å². The van der Waals surface area contributed by atoms with Crippen molar-refractivity contribution in [2.75, 3.05) is 0 Å². The van der Waals surface area contributed by atoms with Crippen LogP contribution in [0.3, 0.4) is 0 Å². The fourth-order valence-corrected chi connectivity index (χ4v) is 2.16. The maximum atomic E-state index is 5.40. The molecule has 0 atom stereocenters. The number of hydrogen-bond donors (Lipinski definition) is 0. The van der Waals surface area contributed by atoms with Gasteiger partial charge in [0, 0.05) is 19.0 Å². The first-order valence-corrected chi connectivity index (χ1v) is 5.79. The predicted molar refractivity (Wildman–Crippen MR) is 67.8 cm³/mol. The molecule has 0 aliphatic heterocycles. The number of imidazole rings is 1. The van der Waals surface area contributed by atoms with Crippen molar-refractivity contribution in [1.29, 1.82) is 0 Å². The smallest absolute Gasteiger partial charge is 0.133 e. The van der Waals surface area contributed by atoms with Crippen LogP contribution in [-0.2, 0) is 13.5 Å². The predicted octanol–water partition coefficient (Wildman–Crippen LogP) is 3.40. The molecule has 0 bridgehead atoms. The van der Waals surface area contributed by atoms with Crippen LogP contribution in [0.2, 0.25) is 0 Å². The van der Waals surface area contributed by atoms with Gasteiger partial charge in [0.15, 0.2) is 0 Å². The summed E-state index contributed by atoms with van der Waals surface area (Å²) in [5.74, 6) is 1.99. The van der Waals surface area contributed by atoms with Gasteiger partial charge in [0.05, 0.1) is 17.3 Å². The summed E-state index contributed by atoms with van der Waals surface area (Å²) < 4.78 is 7.54. The van der Waals surface area contributed by atoms with Gasteiger partial charge in [-0.25, -0.2) is 4.98 Å². The molecule has 0 saturated carbocycles. The lowest BCUT2D eigenvalue weighted by molar-refractivity contribution is 0.582. The molecule has 0 aliphatic rings. The summed E-state index contributed by atoms with van der Waals surface area (Å²) in [5, 5.41) is 0. The average molecular weight is 226 g/mol. The molecule has 0 radical (unpaired) electrons. The zero-order chi connectivity index (χ0) is 11.8. The minimum Gasteiger partial charge on any atom is -0.464 e. The van der Waals surface area contributed by atoms with Gasteiger partial charge in [-0.2, -0.15) is 0 Å². The molecular formula is C14H14N2O. The van der Waals surface area contributed by atoms with Crippen LogP contribution < -0.4 is 0 Å². The van der Waals surface area contributed by atoms with Crippen molar-refractivity contribution in [3.05, 3.63) is 42.4 Å². The summed E-state index contributed by atoms with van der Waals surface area (Å²) in [5.41, 5.74) is 3.26. The molecule has 0 amide bonds. The van der Waals surface area contributed by atoms with E-state index < -0.39 is 0 Å². The molecule has 1 aromatic carbocycles. The van der Waals surface area contributed by atoms with Crippen LogP contribution in [0.5, 0.6) is 0 Å². The SMILES string of the molecule is CCc1nc2cc(-c3ccco3)ccc2n1C. The number of furan rings is 1. The van der Waals surface area contributed by atoms with Gasteiger partial charge in [0.2, 0.25) is 0 Å². The Morgan fingerprint density at radius 2 is 2.18 bits per heavy atom. The van der Waals surface area contributed by atoms with E-state index in [1.807, 2.05) is 12.1 Å². The Bertz CT molecular complexity index is 650. The second kappa shape index (κ2) is 3.77. The van der Waals surface area contributed by atoms with Gasteiger partial charge < -0.3 is 8.98 Å². The minimum atomic E-state index is 0.885. The summed E-state index contributed by atoms with van der Waals surface area (Å²) in [6.45, 7) is 2.12. The molecular weight excluding hydrogens is 212 g/mol. The summed E-state index contributed by atoms with van der Waals surface area (Å²) in [4.78, 5) is 4.62. The number of aromatic nitrogens is 2. The van der Waals surface area contributed by atoms with Crippen molar-refractivity contribution >= 4 is 11.0 Å². The molecule has 2 aromatic heterocycles. The van der Waals surface area contributed by atoms with Gasteiger partial charge in [-0.15, -0.1) is 0 Å². The fourth-order valence-electron chi connectivity index (χ4n) is 2.16. The summed E-state index contributed by atoms with van der Waals surface area (Å²) in [6.07, 6.45) is 2.64. The standard InChI is InChI=1S/C14H14N2O/c1-3-14-15-11-9-10(13-5-4-8-17-13)6-7-12(11)16(14)2/h4-9H,3H2,1-2H3. The molecule has 3 aromatic rings. The first kappa shape index (κ1) is 10.1. The van der Waals surface area contributed by atoms with Crippen molar-refractivity contribution in [2.45, 2.75) is 13.3 Å². The van der Waals surface area contributed by atoms with Crippen molar-refractivity contribution < 1.29 is 4.42 Å². The first-order chi connectivity index (χ1) is 8.29. The highest BCUT2D eigenvalue weighted by Crippen LogP contribution is 2.24. The second-order valence-corrected chi connectivity index (χ2v) is 4.12. The van der Waals surface area contributed by atoms with E-state index >= 15 is 0 Å². The molecule has 0 spiro atoms. The van der Waals surface area contributed by atoms with Gasteiger partial charge in [-0.1, -0.05) is 6.92 Å². The lowest BCUT2D eigenvalue weighted by Crippen LogP contribution is -1.94. The number of hydrogen-bond acceptors (Lipinski definition) is 2. The molecule has 17 heavy (non-hydrogen) atoms. The van der Waals surface area contributed by atoms with Crippen LogP contribution in [0.4, 0.5) is 0 Å². The van der Waals surface area contributed by atoms with E-state index in [1.165, 1.54) is 0 Å². The van der Waals surface area contributed by atoms with Crippen LogP contribution in [0.25, 0.3) is 22.4 Å². The molecule has 3 rings (SSSR count). The third-order valence-electron chi connectivity index (χ3n) is 3.10. The molecule has 2 heterocycles. The van der Waals surface area contributed by atoms with Gasteiger partial charge in [-0.05, 0) is 30.3 Å². The molecule has 86 valence electrons.